The molecule has 2 aromatic carbocycles. The van der Waals surface area contributed by atoms with Crippen molar-refractivity contribution in [2.45, 2.75) is 6.92 Å². The first kappa shape index (κ1) is 17.6. The van der Waals surface area contributed by atoms with Crippen LogP contribution in [0.2, 0.25) is 5.02 Å². The van der Waals surface area contributed by atoms with Gasteiger partial charge in [0.1, 0.15) is 5.75 Å². The fraction of sp³-hybridized carbons (Fsp3) is 0.111. The molecule has 0 atom stereocenters. The second-order valence-electron chi connectivity index (χ2n) is 5.03. The normalized spacial score (nSPS) is 10.5. The van der Waals surface area contributed by atoms with Gasteiger partial charge in [0, 0.05) is 22.2 Å². The Hall–Kier alpha value is -2.79. The van der Waals surface area contributed by atoms with Crippen LogP contribution in [0.3, 0.4) is 0 Å². The van der Waals surface area contributed by atoms with Crippen molar-refractivity contribution in [3.63, 3.8) is 0 Å². The van der Waals surface area contributed by atoms with Gasteiger partial charge in [0.25, 0.3) is 11.8 Å². The summed E-state index contributed by atoms with van der Waals surface area (Å²) >= 11 is 5.82. The Morgan fingerprint density at radius 2 is 1.92 bits per heavy atom. The Balaban J connectivity index is 1.96. The van der Waals surface area contributed by atoms with E-state index in [-0.39, 0.29) is 0 Å². The van der Waals surface area contributed by atoms with Crippen LogP contribution in [-0.2, 0) is 4.79 Å². The van der Waals surface area contributed by atoms with Gasteiger partial charge in [0.15, 0.2) is 0 Å². The van der Waals surface area contributed by atoms with Crippen LogP contribution in [0.25, 0.3) is 6.08 Å². The first-order chi connectivity index (χ1) is 11.5. The Labute approximate surface area is 145 Å². The summed E-state index contributed by atoms with van der Waals surface area (Å²) in [6, 6.07) is 12.1. The number of benzene rings is 2. The quantitative estimate of drug-likeness (QED) is 0.661. The molecule has 0 unspecified atom stereocenters. The first-order valence-corrected chi connectivity index (χ1v) is 7.56. The molecule has 0 aliphatic heterocycles. The van der Waals surface area contributed by atoms with E-state index < -0.39 is 11.8 Å². The average Bonchev–Trinajstić information content (AvgIpc) is 2.58. The van der Waals surface area contributed by atoms with Gasteiger partial charge >= 0.3 is 0 Å². The van der Waals surface area contributed by atoms with Crippen LogP contribution in [0.15, 0.2) is 48.5 Å². The molecule has 0 fully saturated rings. The topological polar surface area (TPSA) is 67.4 Å². The third-order valence-electron chi connectivity index (χ3n) is 3.19. The lowest BCUT2D eigenvalue weighted by Crippen LogP contribution is -2.40. The van der Waals surface area contributed by atoms with Gasteiger partial charge in [-0.15, -0.1) is 0 Å². The van der Waals surface area contributed by atoms with Crippen molar-refractivity contribution in [1.82, 2.24) is 10.9 Å². The lowest BCUT2D eigenvalue weighted by molar-refractivity contribution is -0.117. The molecule has 6 heteroatoms. The number of halogens is 1. The molecule has 0 aliphatic carbocycles. The number of rotatable bonds is 4. The number of aryl methyl sites for hydroxylation is 1. The molecule has 0 aliphatic rings. The zero-order valence-corrected chi connectivity index (χ0v) is 14.1. The predicted octanol–water partition coefficient (Wildman–Crippen LogP) is 3.13. The van der Waals surface area contributed by atoms with Crippen molar-refractivity contribution in [2.24, 2.45) is 0 Å². The minimum Gasteiger partial charge on any atom is -0.496 e. The Morgan fingerprint density at radius 1 is 1.12 bits per heavy atom. The minimum absolute atomic E-state index is 0.354. The van der Waals surface area contributed by atoms with Gasteiger partial charge in [-0.1, -0.05) is 29.3 Å². The highest BCUT2D eigenvalue weighted by Crippen LogP contribution is 2.20. The molecular formula is C18H17ClN2O3. The Morgan fingerprint density at radius 3 is 2.62 bits per heavy atom. The lowest BCUT2D eigenvalue weighted by atomic mass is 10.1. The van der Waals surface area contributed by atoms with E-state index in [4.69, 9.17) is 16.3 Å². The van der Waals surface area contributed by atoms with Crippen LogP contribution < -0.4 is 15.6 Å². The lowest BCUT2D eigenvalue weighted by Gasteiger charge is -2.07. The number of ether oxygens (including phenoxy) is 1. The maximum absolute atomic E-state index is 11.9. The second kappa shape index (κ2) is 8.17. The number of hydrogen-bond acceptors (Lipinski definition) is 3. The molecule has 124 valence electrons. The monoisotopic (exact) mass is 344 g/mol. The molecule has 0 bridgehead atoms. The molecule has 0 aromatic heterocycles. The number of methoxy groups -OCH3 is 1. The van der Waals surface area contributed by atoms with Crippen molar-refractivity contribution >= 4 is 29.5 Å². The third kappa shape index (κ3) is 4.86. The summed E-state index contributed by atoms with van der Waals surface area (Å²) < 4.78 is 5.23. The largest absolute Gasteiger partial charge is 0.496 e. The van der Waals surface area contributed by atoms with Crippen LogP contribution in [0.5, 0.6) is 5.75 Å². The van der Waals surface area contributed by atoms with Gasteiger partial charge in [-0.05, 0) is 43.3 Å². The van der Waals surface area contributed by atoms with Crippen molar-refractivity contribution < 1.29 is 14.3 Å². The molecule has 0 spiro atoms. The summed E-state index contributed by atoms with van der Waals surface area (Å²) in [6.07, 6.45) is 2.93. The molecule has 5 nitrogen and oxygen atoms in total. The van der Waals surface area contributed by atoms with Gasteiger partial charge in [0.2, 0.25) is 0 Å². The SMILES string of the molecule is COc1ccc(C)cc1/C=C/C(=O)NNC(=O)c1cccc(Cl)c1. The van der Waals surface area contributed by atoms with Crippen LogP contribution in [0.4, 0.5) is 0 Å². The van der Waals surface area contributed by atoms with Crippen LogP contribution in [0, 0.1) is 6.92 Å². The summed E-state index contributed by atoms with van der Waals surface area (Å²) in [7, 11) is 1.56. The Bertz CT molecular complexity index is 788. The minimum atomic E-state index is -0.464. The zero-order chi connectivity index (χ0) is 17.5. The molecule has 24 heavy (non-hydrogen) atoms. The Kier molecular flexibility index (Phi) is 5.98. The molecular weight excluding hydrogens is 328 g/mol. The molecule has 0 heterocycles. The summed E-state index contributed by atoms with van der Waals surface area (Å²) in [6.45, 7) is 1.95. The summed E-state index contributed by atoms with van der Waals surface area (Å²) in [5.74, 6) is -0.256. The van der Waals surface area contributed by atoms with Gasteiger partial charge in [-0.25, -0.2) is 0 Å². The van der Waals surface area contributed by atoms with E-state index in [2.05, 4.69) is 10.9 Å². The number of amides is 2. The zero-order valence-electron chi connectivity index (χ0n) is 13.3. The molecule has 2 amide bonds. The summed E-state index contributed by atoms with van der Waals surface area (Å²) in [5.41, 5.74) is 6.81. The molecule has 0 radical (unpaired) electrons. The van der Waals surface area contributed by atoms with Crippen LogP contribution in [-0.4, -0.2) is 18.9 Å². The maximum Gasteiger partial charge on any atom is 0.269 e. The van der Waals surface area contributed by atoms with E-state index in [0.717, 1.165) is 11.1 Å². The molecule has 2 aromatic rings. The number of nitrogens with one attached hydrogen (secondary N) is 2. The van der Waals surface area contributed by atoms with Gasteiger partial charge < -0.3 is 4.74 Å². The number of hydrazine groups is 1. The smallest absolute Gasteiger partial charge is 0.269 e. The highest BCUT2D eigenvalue weighted by molar-refractivity contribution is 6.30. The van der Waals surface area contributed by atoms with Crippen LogP contribution >= 0.6 is 11.6 Å². The summed E-state index contributed by atoms with van der Waals surface area (Å²) in [4.78, 5) is 23.7. The molecule has 2 N–H and O–H groups in total. The van der Waals surface area contributed by atoms with E-state index in [9.17, 15) is 9.59 Å². The second-order valence-corrected chi connectivity index (χ2v) is 5.47. The molecule has 0 saturated carbocycles. The number of carbonyl (C=O) groups excluding carboxylic acids is 2. The fourth-order valence-electron chi connectivity index (χ4n) is 2.01. The first-order valence-electron chi connectivity index (χ1n) is 7.18. The van der Waals surface area contributed by atoms with E-state index in [0.29, 0.717) is 16.3 Å². The third-order valence-corrected chi connectivity index (χ3v) is 3.42. The van der Waals surface area contributed by atoms with Crippen molar-refractivity contribution in [2.75, 3.05) is 7.11 Å². The summed E-state index contributed by atoms with van der Waals surface area (Å²) in [5, 5.41) is 0.445. The van der Waals surface area contributed by atoms with E-state index in [1.807, 2.05) is 25.1 Å². The van der Waals surface area contributed by atoms with E-state index in [1.54, 1.807) is 31.4 Å². The highest BCUT2D eigenvalue weighted by atomic mass is 35.5. The van der Waals surface area contributed by atoms with E-state index in [1.165, 1.54) is 12.1 Å². The maximum atomic E-state index is 11.9. The molecule has 0 saturated heterocycles. The average molecular weight is 345 g/mol. The number of carbonyl (C=O) groups is 2. The predicted molar refractivity (Wildman–Crippen MR) is 93.8 cm³/mol. The highest BCUT2D eigenvalue weighted by Gasteiger charge is 2.06. The van der Waals surface area contributed by atoms with Gasteiger partial charge in [0.05, 0.1) is 7.11 Å². The fourth-order valence-corrected chi connectivity index (χ4v) is 2.20. The van der Waals surface area contributed by atoms with Gasteiger partial charge in [-0.3, -0.25) is 20.4 Å². The van der Waals surface area contributed by atoms with Crippen molar-refractivity contribution in [3.05, 3.63) is 70.3 Å². The molecule has 2 rings (SSSR count). The van der Waals surface area contributed by atoms with Crippen molar-refractivity contribution in [1.29, 1.82) is 0 Å². The van der Waals surface area contributed by atoms with Crippen molar-refractivity contribution in [3.8, 4) is 5.75 Å². The van der Waals surface area contributed by atoms with E-state index >= 15 is 0 Å². The standard InChI is InChI=1S/C18H17ClN2O3/c1-12-6-8-16(24-2)13(10-12)7-9-17(22)20-21-18(23)14-4-3-5-15(19)11-14/h3-11H,1-2H3,(H,20,22)(H,21,23)/b9-7+. The van der Waals surface area contributed by atoms with Crippen LogP contribution in [0.1, 0.15) is 21.5 Å². The van der Waals surface area contributed by atoms with Gasteiger partial charge in [-0.2, -0.15) is 0 Å². The number of hydrogen-bond donors (Lipinski definition) is 2.